The summed E-state index contributed by atoms with van der Waals surface area (Å²) >= 11 is 1.51. The van der Waals surface area contributed by atoms with E-state index in [1.54, 1.807) is 0 Å². The number of piperidine rings is 1. The normalized spacial score (nSPS) is 15.6. The highest BCUT2D eigenvalue weighted by Gasteiger charge is 2.15. The van der Waals surface area contributed by atoms with Crippen molar-refractivity contribution < 1.29 is 4.79 Å². The lowest BCUT2D eigenvalue weighted by atomic mass is 10.1. The maximum Gasteiger partial charge on any atom is 0.262 e. The molecule has 116 valence electrons. The molecule has 1 aliphatic heterocycles. The molecule has 3 rings (SSSR count). The highest BCUT2D eigenvalue weighted by Crippen LogP contribution is 2.27. The van der Waals surface area contributed by atoms with E-state index in [0.29, 0.717) is 0 Å². The van der Waals surface area contributed by atoms with Crippen LogP contribution in [0.15, 0.2) is 41.8 Å². The molecule has 1 N–H and O–H groups in total. The van der Waals surface area contributed by atoms with E-state index in [2.05, 4.69) is 10.2 Å². The predicted molar refractivity (Wildman–Crippen MR) is 92.4 cm³/mol. The SMILES string of the molecule is O=C(NCCN1CCCCC1)c1sccc1-c1ccccc1. The third kappa shape index (κ3) is 3.76. The molecule has 1 aromatic carbocycles. The molecule has 1 fully saturated rings. The summed E-state index contributed by atoms with van der Waals surface area (Å²) in [5.74, 6) is 0.0471. The molecule has 0 bridgehead atoms. The van der Waals surface area contributed by atoms with E-state index in [1.807, 2.05) is 41.8 Å². The average molecular weight is 314 g/mol. The lowest BCUT2D eigenvalue weighted by Gasteiger charge is -2.26. The minimum absolute atomic E-state index is 0.0471. The molecular weight excluding hydrogens is 292 g/mol. The molecule has 0 spiro atoms. The highest BCUT2D eigenvalue weighted by atomic mass is 32.1. The van der Waals surface area contributed by atoms with Crippen molar-refractivity contribution in [2.24, 2.45) is 0 Å². The number of hydrogen-bond acceptors (Lipinski definition) is 3. The molecule has 1 aliphatic rings. The Morgan fingerprint density at radius 1 is 1.09 bits per heavy atom. The first-order chi connectivity index (χ1) is 10.8. The number of carbonyl (C=O) groups is 1. The number of amides is 1. The Bertz CT molecular complexity index is 603. The molecule has 22 heavy (non-hydrogen) atoms. The molecule has 0 radical (unpaired) electrons. The molecule has 0 aliphatic carbocycles. The fourth-order valence-corrected chi connectivity index (χ4v) is 3.75. The lowest BCUT2D eigenvalue weighted by Crippen LogP contribution is -2.37. The summed E-state index contributed by atoms with van der Waals surface area (Å²) in [6.45, 7) is 4.02. The van der Waals surface area contributed by atoms with Crippen LogP contribution in [0, 0.1) is 0 Å². The number of thiophene rings is 1. The molecule has 1 amide bonds. The first kappa shape index (κ1) is 15.3. The van der Waals surface area contributed by atoms with E-state index in [-0.39, 0.29) is 5.91 Å². The Morgan fingerprint density at radius 2 is 1.86 bits per heavy atom. The van der Waals surface area contributed by atoms with Crippen LogP contribution < -0.4 is 5.32 Å². The van der Waals surface area contributed by atoms with E-state index in [9.17, 15) is 4.79 Å². The van der Waals surface area contributed by atoms with Gasteiger partial charge in [0.15, 0.2) is 0 Å². The second-order valence-corrected chi connectivity index (χ2v) is 6.60. The first-order valence-electron chi connectivity index (χ1n) is 7.98. The van der Waals surface area contributed by atoms with Crippen LogP contribution in [-0.4, -0.2) is 37.0 Å². The van der Waals surface area contributed by atoms with Crippen molar-refractivity contribution in [3.63, 3.8) is 0 Å². The molecular formula is C18H22N2OS. The van der Waals surface area contributed by atoms with Gasteiger partial charge in [-0.3, -0.25) is 4.79 Å². The van der Waals surface area contributed by atoms with Crippen LogP contribution in [0.3, 0.4) is 0 Å². The van der Waals surface area contributed by atoms with Crippen molar-refractivity contribution in [1.29, 1.82) is 0 Å². The van der Waals surface area contributed by atoms with Crippen molar-refractivity contribution in [2.75, 3.05) is 26.2 Å². The number of rotatable bonds is 5. The summed E-state index contributed by atoms with van der Waals surface area (Å²) in [4.78, 5) is 15.7. The monoisotopic (exact) mass is 314 g/mol. The Kier molecular flexibility index (Phi) is 5.24. The van der Waals surface area contributed by atoms with Gasteiger partial charge in [0.25, 0.3) is 5.91 Å². The topological polar surface area (TPSA) is 32.3 Å². The number of hydrogen-bond donors (Lipinski definition) is 1. The minimum Gasteiger partial charge on any atom is -0.350 e. The van der Waals surface area contributed by atoms with Crippen molar-refractivity contribution in [2.45, 2.75) is 19.3 Å². The third-order valence-electron chi connectivity index (χ3n) is 4.12. The van der Waals surface area contributed by atoms with Crippen LogP contribution in [0.2, 0.25) is 0 Å². The van der Waals surface area contributed by atoms with Gasteiger partial charge < -0.3 is 10.2 Å². The maximum atomic E-state index is 12.4. The summed E-state index contributed by atoms with van der Waals surface area (Å²) < 4.78 is 0. The number of likely N-dealkylation sites (tertiary alicyclic amines) is 1. The van der Waals surface area contributed by atoms with Gasteiger partial charge in [0.1, 0.15) is 0 Å². The maximum absolute atomic E-state index is 12.4. The fourth-order valence-electron chi connectivity index (χ4n) is 2.92. The number of benzene rings is 1. The van der Waals surface area contributed by atoms with Gasteiger partial charge in [-0.05, 0) is 42.9 Å². The van der Waals surface area contributed by atoms with Crippen LogP contribution in [0.5, 0.6) is 0 Å². The number of nitrogens with one attached hydrogen (secondary N) is 1. The van der Waals surface area contributed by atoms with Crippen LogP contribution in [0.1, 0.15) is 28.9 Å². The van der Waals surface area contributed by atoms with Crippen LogP contribution >= 0.6 is 11.3 Å². The van der Waals surface area contributed by atoms with E-state index in [1.165, 1.54) is 43.7 Å². The van der Waals surface area contributed by atoms with Gasteiger partial charge in [-0.2, -0.15) is 0 Å². The van der Waals surface area contributed by atoms with E-state index in [4.69, 9.17) is 0 Å². The van der Waals surface area contributed by atoms with Crippen molar-refractivity contribution >= 4 is 17.2 Å². The quantitative estimate of drug-likeness (QED) is 0.914. The van der Waals surface area contributed by atoms with Crippen LogP contribution in [0.25, 0.3) is 11.1 Å². The molecule has 2 heterocycles. The highest BCUT2D eigenvalue weighted by molar-refractivity contribution is 7.12. The summed E-state index contributed by atoms with van der Waals surface area (Å²) in [6, 6.07) is 12.1. The van der Waals surface area contributed by atoms with Gasteiger partial charge >= 0.3 is 0 Å². The van der Waals surface area contributed by atoms with E-state index < -0.39 is 0 Å². The molecule has 1 saturated heterocycles. The number of nitrogens with zero attached hydrogens (tertiary/aromatic N) is 1. The summed E-state index contributed by atoms with van der Waals surface area (Å²) in [5.41, 5.74) is 2.13. The minimum atomic E-state index is 0.0471. The van der Waals surface area contributed by atoms with E-state index >= 15 is 0 Å². The molecule has 0 unspecified atom stereocenters. The van der Waals surface area contributed by atoms with Gasteiger partial charge in [-0.25, -0.2) is 0 Å². The van der Waals surface area contributed by atoms with Crippen molar-refractivity contribution in [3.8, 4) is 11.1 Å². The van der Waals surface area contributed by atoms with Crippen LogP contribution in [-0.2, 0) is 0 Å². The van der Waals surface area contributed by atoms with Crippen LogP contribution in [0.4, 0.5) is 0 Å². The Hall–Kier alpha value is -1.65. The first-order valence-corrected chi connectivity index (χ1v) is 8.86. The zero-order valence-electron chi connectivity index (χ0n) is 12.8. The fraction of sp³-hybridized carbons (Fsp3) is 0.389. The van der Waals surface area contributed by atoms with Gasteiger partial charge in [0, 0.05) is 18.7 Å². The predicted octanol–water partition coefficient (Wildman–Crippen LogP) is 3.63. The second-order valence-electron chi connectivity index (χ2n) is 5.69. The molecule has 0 atom stereocenters. The standard InChI is InChI=1S/C18H22N2OS/c21-18(19-10-13-20-11-5-2-6-12-20)17-16(9-14-22-17)15-7-3-1-4-8-15/h1,3-4,7-9,14H,2,5-6,10-13H2,(H,19,21). The van der Waals surface area contributed by atoms with Gasteiger partial charge in [0.2, 0.25) is 0 Å². The van der Waals surface area contributed by atoms with Gasteiger partial charge in [-0.15, -0.1) is 11.3 Å². The summed E-state index contributed by atoms with van der Waals surface area (Å²) in [7, 11) is 0. The molecule has 2 aromatic rings. The third-order valence-corrected chi connectivity index (χ3v) is 5.03. The largest absolute Gasteiger partial charge is 0.350 e. The summed E-state index contributed by atoms with van der Waals surface area (Å²) in [6.07, 6.45) is 3.92. The van der Waals surface area contributed by atoms with E-state index in [0.717, 1.165) is 29.1 Å². The Labute approximate surface area is 136 Å². The molecule has 4 heteroatoms. The lowest BCUT2D eigenvalue weighted by molar-refractivity contribution is 0.0951. The molecule has 0 saturated carbocycles. The number of carbonyl (C=O) groups excluding carboxylic acids is 1. The van der Waals surface area contributed by atoms with Crippen molar-refractivity contribution in [1.82, 2.24) is 10.2 Å². The Morgan fingerprint density at radius 3 is 2.64 bits per heavy atom. The smallest absolute Gasteiger partial charge is 0.262 e. The van der Waals surface area contributed by atoms with Gasteiger partial charge in [0.05, 0.1) is 4.88 Å². The summed E-state index contributed by atoms with van der Waals surface area (Å²) in [5, 5.41) is 5.06. The average Bonchev–Trinajstić information content (AvgIpc) is 3.06. The zero-order valence-corrected chi connectivity index (χ0v) is 13.6. The Balaban J connectivity index is 1.58. The van der Waals surface area contributed by atoms with Gasteiger partial charge in [-0.1, -0.05) is 36.8 Å². The molecule has 3 nitrogen and oxygen atoms in total. The zero-order chi connectivity index (χ0) is 15.2. The molecule has 1 aromatic heterocycles. The van der Waals surface area contributed by atoms with Crippen molar-refractivity contribution in [3.05, 3.63) is 46.7 Å². The second kappa shape index (κ2) is 7.56.